The third kappa shape index (κ3) is 3.72. The predicted octanol–water partition coefficient (Wildman–Crippen LogP) is 4.04. The zero-order valence-corrected chi connectivity index (χ0v) is 17.9. The van der Waals surface area contributed by atoms with E-state index in [2.05, 4.69) is 0 Å². The van der Waals surface area contributed by atoms with Crippen LogP contribution in [-0.4, -0.2) is 57.9 Å². The van der Waals surface area contributed by atoms with Crippen molar-refractivity contribution in [2.24, 2.45) is 0 Å². The number of urea groups is 1. The van der Waals surface area contributed by atoms with E-state index in [1.165, 1.54) is 11.9 Å². The van der Waals surface area contributed by atoms with Crippen LogP contribution in [0.3, 0.4) is 0 Å². The molecule has 0 saturated carbocycles. The summed E-state index contributed by atoms with van der Waals surface area (Å²) in [5.41, 5.74) is 2.37. The second-order valence-electron chi connectivity index (χ2n) is 8.64. The van der Waals surface area contributed by atoms with Gasteiger partial charge in [-0.2, -0.15) is 13.2 Å². The predicted molar refractivity (Wildman–Crippen MR) is 110 cm³/mol. The highest BCUT2D eigenvalue weighted by atomic mass is 19.4. The van der Waals surface area contributed by atoms with Crippen LogP contribution < -0.4 is 0 Å². The Morgan fingerprint density at radius 2 is 1.59 bits per heavy atom. The molecule has 2 aliphatic heterocycles. The quantitative estimate of drug-likeness (QED) is 0.668. The number of likely N-dealkylation sites (N-methyl/N-ethyl adjacent to an activating group) is 1. The summed E-state index contributed by atoms with van der Waals surface area (Å²) in [5.74, 6) is -0.872. The lowest BCUT2D eigenvalue weighted by atomic mass is 9.99. The topological polar surface area (TPSA) is 60.9 Å². The minimum atomic E-state index is -4.44. The molecule has 1 fully saturated rings. The number of carbonyl (C=O) groups excluding carboxylic acids is 3. The van der Waals surface area contributed by atoms with Crippen LogP contribution in [0, 0.1) is 0 Å². The fourth-order valence-electron chi connectivity index (χ4n) is 4.19. The molecule has 0 N–H and O–H groups in total. The van der Waals surface area contributed by atoms with E-state index in [4.69, 9.17) is 0 Å². The summed E-state index contributed by atoms with van der Waals surface area (Å²) in [5, 5.41) is 0. The standard InChI is InChI=1S/C23H22F3N3O3/c1-22(2)20(31)27(3)21(32)29(22)11-14-4-6-15(7-5-14)16-8-9-18-17(10-16)12-28(19(18)30)13-23(24,25)26/h4-10H,11-13H2,1-3H3. The molecule has 32 heavy (non-hydrogen) atoms. The summed E-state index contributed by atoms with van der Waals surface area (Å²) in [7, 11) is 1.46. The first-order valence-corrected chi connectivity index (χ1v) is 10.1. The Hall–Kier alpha value is -3.36. The molecular weight excluding hydrogens is 423 g/mol. The molecule has 0 aromatic heterocycles. The van der Waals surface area contributed by atoms with Crippen molar-refractivity contribution >= 4 is 17.8 Å². The Morgan fingerprint density at radius 1 is 0.969 bits per heavy atom. The highest BCUT2D eigenvalue weighted by molar-refractivity contribution is 6.06. The Kier molecular flexibility index (Phi) is 5.02. The summed E-state index contributed by atoms with van der Waals surface area (Å²) in [4.78, 5) is 40.3. The third-order valence-corrected chi connectivity index (χ3v) is 6.00. The lowest BCUT2D eigenvalue weighted by molar-refractivity contribution is -0.141. The maximum Gasteiger partial charge on any atom is 0.406 e. The summed E-state index contributed by atoms with van der Waals surface area (Å²) in [6, 6.07) is 12.0. The summed E-state index contributed by atoms with van der Waals surface area (Å²) >= 11 is 0. The van der Waals surface area contributed by atoms with Crippen LogP contribution in [0.25, 0.3) is 11.1 Å². The fraction of sp³-hybridized carbons (Fsp3) is 0.348. The Balaban J connectivity index is 1.52. The number of carbonyl (C=O) groups is 3. The molecule has 168 valence electrons. The molecule has 0 atom stereocenters. The van der Waals surface area contributed by atoms with Gasteiger partial charge in [0, 0.05) is 25.7 Å². The van der Waals surface area contributed by atoms with Crippen molar-refractivity contribution in [1.82, 2.24) is 14.7 Å². The van der Waals surface area contributed by atoms with Crippen molar-refractivity contribution in [2.75, 3.05) is 13.6 Å². The van der Waals surface area contributed by atoms with E-state index < -0.39 is 24.2 Å². The minimum Gasteiger partial charge on any atom is -0.325 e. The zero-order chi connectivity index (χ0) is 23.4. The van der Waals surface area contributed by atoms with Gasteiger partial charge >= 0.3 is 12.2 Å². The summed E-state index contributed by atoms with van der Waals surface area (Å²) in [6.07, 6.45) is -4.44. The Bertz CT molecular complexity index is 1110. The van der Waals surface area contributed by atoms with Gasteiger partial charge in [-0.05, 0) is 48.2 Å². The zero-order valence-electron chi connectivity index (χ0n) is 17.9. The van der Waals surface area contributed by atoms with Gasteiger partial charge in [-0.3, -0.25) is 14.5 Å². The third-order valence-electron chi connectivity index (χ3n) is 6.00. The molecule has 0 radical (unpaired) electrons. The van der Waals surface area contributed by atoms with E-state index in [0.29, 0.717) is 5.56 Å². The number of alkyl halides is 3. The minimum absolute atomic E-state index is 0.0761. The van der Waals surface area contributed by atoms with Crippen LogP contribution in [0.4, 0.5) is 18.0 Å². The molecular formula is C23H22F3N3O3. The van der Waals surface area contributed by atoms with Gasteiger partial charge in [0.1, 0.15) is 12.1 Å². The average molecular weight is 445 g/mol. The number of rotatable bonds is 4. The second kappa shape index (κ2) is 7.36. The molecule has 0 unspecified atom stereocenters. The molecule has 0 aliphatic carbocycles. The Labute approximate surface area is 183 Å². The molecule has 0 spiro atoms. The van der Waals surface area contributed by atoms with E-state index in [9.17, 15) is 27.6 Å². The van der Waals surface area contributed by atoms with Gasteiger partial charge in [-0.15, -0.1) is 0 Å². The van der Waals surface area contributed by atoms with Crippen LogP contribution in [-0.2, 0) is 17.9 Å². The molecule has 0 bridgehead atoms. The molecule has 2 aromatic carbocycles. The number of halogens is 3. The Morgan fingerprint density at radius 3 is 2.16 bits per heavy atom. The molecule has 2 aliphatic rings. The molecule has 2 aromatic rings. The van der Waals surface area contributed by atoms with Crippen molar-refractivity contribution < 1.29 is 27.6 Å². The molecule has 4 amide bonds. The summed E-state index contributed by atoms with van der Waals surface area (Å²) < 4.78 is 38.1. The first-order chi connectivity index (χ1) is 14.9. The first kappa shape index (κ1) is 21.9. The van der Waals surface area contributed by atoms with Crippen LogP contribution in [0.15, 0.2) is 42.5 Å². The van der Waals surface area contributed by atoms with Crippen molar-refractivity contribution in [3.05, 3.63) is 59.2 Å². The number of fused-ring (bicyclic) bond motifs is 1. The monoisotopic (exact) mass is 445 g/mol. The number of hydrogen-bond acceptors (Lipinski definition) is 3. The lowest BCUT2D eigenvalue weighted by Gasteiger charge is -2.27. The normalized spacial score (nSPS) is 18.1. The average Bonchev–Trinajstić information content (AvgIpc) is 3.09. The van der Waals surface area contributed by atoms with Gasteiger partial charge in [0.05, 0.1) is 0 Å². The van der Waals surface area contributed by atoms with Crippen molar-refractivity contribution in [3.8, 4) is 11.1 Å². The van der Waals surface area contributed by atoms with E-state index in [1.54, 1.807) is 32.0 Å². The van der Waals surface area contributed by atoms with Gasteiger partial charge in [0.2, 0.25) is 0 Å². The summed E-state index contributed by atoms with van der Waals surface area (Å²) in [6.45, 7) is 2.34. The fourth-order valence-corrected chi connectivity index (χ4v) is 4.19. The number of amides is 4. The number of nitrogens with zero attached hydrogens (tertiary/aromatic N) is 3. The van der Waals surface area contributed by atoms with Gasteiger partial charge in [-0.1, -0.05) is 30.3 Å². The smallest absolute Gasteiger partial charge is 0.325 e. The van der Waals surface area contributed by atoms with Crippen LogP contribution in [0.1, 0.15) is 35.3 Å². The number of benzene rings is 2. The van der Waals surface area contributed by atoms with E-state index in [0.717, 1.165) is 26.5 Å². The number of hydrogen-bond donors (Lipinski definition) is 0. The molecule has 2 heterocycles. The number of imide groups is 1. The second-order valence-corrected chi connectivity index (χ2v) is 8.64. The van der Waals surface area contributed by atoms with E-state index in [-0.39, 0.29) is 30.6 Å². The SMILES string of the molecule is CN1C(=O)N(Cc2ccc(-c3ccc4c(c3)CN(CC(F)(F)F)C4=O)cc2)C(C)(C)C1=O. The van der Waals surface area contributed by atoms with Gasteiger partial charge < -0.3 is 9.80 Å². The van der Waals surface area contributed by atoms with Gasteiger partial charge in [-0.25, -0.2) is 4.79 Å². The van der Waals surface area contributed by atoms with E-state index >= 15 is 0 Å². The van der Waals surface area contributed by atoms with Crippen molar-refractivity contribution in [2.45, 2.75) is 38.7 Å². The molecule has 6 nitrogen and oxygen atoms in total. The first-order valence-electron chi connectivity index (χ1n) is 10.1. The largest absolute Gasteiger partial charge is 0.406 e. The van der Waals surface area contributed by atoms with Gasteiger partial charge in [0.25, 0.3) is 11.8 Å². The molecule has 9 heteroatoms. The van der Waals surface area contributed by atoms with Crippen molar-refractivity contribution in [3.63, 3.8) is 0 Å². The highest BCUT2D eigenvalue weighted by Crippen LogP contribution is 2.32. The highest BCUT2D eigenvalue weighted by Gasteiger charge is 2.49. The van der Waals surface area contributed by atoms with Crippen LogP contribution >= 0.6 is 0 Å². The molecule has 4 rings (SSSR count). The molecule has 1 saturated heterocycles. The maximum absolute atomic E-state index is 12.7. The van der Waals surface area contributed by atoms with Crippen molar-refractivity contribution in [1.29, 1.82) is 0 Å². The van der Waals surface area contributed by atoms with E-state index in [1.807, 2.05) is 24.3 Å². The van der Waals surface area contributed by atoms with Gasteiger partial charge in [0.15, 0.2) is 0 Å². The van der Waals surface area contributed by atoms with Crippen LogP contribution in [0.2, 0.25) is 0 Å². The maximum atomic E-state index is 12.7. The van der Waals surface area contributed by atoms with Crippen LogP contribution in [0.5, 0.6) is 0 Å². The lowest BCUT2D eigenvalue weighted by Crippen LogP contribution is -2.43.